The van der Waals surface area contributed by atoms with Gasteiger partial charge in [-0.15, -0.1) is 0 Å². The summed E-state index contributed by atoms with van der Waals surface area (Å²) >= 11 is 0. The Hall–Kier alpha value is -1.54. The van der Waals surface area contributed by atoms with Crippen molar-refractivity contribution < 1.29 is 4.42 Å². The van der Waals surface area contributed by atoms with Gasteiger partial charge in [-0.3, -0.25) is 0 Å². The normalized spacial score (nSPS) is 14.4. The van der Waals surface area contributed by atoms with E-state index in [9.17, 15) is 0 Å². The Morgan fingerprint density at radius 3 is 2.25 bits per heavy atom. The number of furan rings is 1. The van der Waals surface area contributed by atoms with Crippen molar-refractivity contribution in [3.63, 3.8) is 0 Å². The molecule has 0 radical (unpaired) electrons. The van der Waals surface area contributed by atoms with Crippen LogP contribution in [0.2, 0.25) is 0 Å². The maximum atomic E-state index is 5.64. The van der Waals surface area contributed by atoms with Crippen molar-refractivity contribution in [1.29, 1.82) is 0 Å². The molecule has 2 nitrogen and oxygen atoms in total. The number of rotatable bonds is 7. The second kappa shape index (κ2) is 7.30. The lowest BCUT2D eigenvalue weighted by Gasteiger charge is -2.27. The van der Waals surface area contributed by atoms with Crippen molar-refractivity contribution in [3.05, 3.63) is 60.1 Å². The molecule has 0 spiro atoms. The molecular weight excluding hydrogens is 246 g/mol. The second-order valence-electron chi connectivity index (χ2n) is 5.39. The minimum atomic E-state index is 0.127. The lowest BCUT2D eigenvalue weighted by atomic mass is 9.93. The highest BCUT2D eigenvalue weighted by molar-refractivity contribution is 5.26. The molecule has 1 N–H and O–H groups in total. The monoisotopic (exact) mass is 271 g/mol. The summed E-state index contributed by atoms with van der Waals surface area (Å²) in [6, 6.07) is 15.1. The second-order valence-corrected chi connectivity index (χ2v) is 5.39. The molecular formula is C18H25NO. The molecule has 0 aliphatic heterocycles. The fourth-order valence-electron chi connectivity index (χ4n) is 2.84. The Bertz CT molecular complexity index is 473. The van der Waals surface area contributed by atoms with Gasteiger partial charge in [0, 0.05) is 6.04 Å². The topological polar surface area (TPSA) is 25.2 Å². The third-order valence-electron chi connectivity index (χ3n) is 4.15. The summed E-state index contributed by atoms with van der Waals surface area (Å²) in [5, 5.41) is 3.74. The maximum Gasteiger partial charge on any atom is 0.125 e. The molecule has 2 rings (SSSR count). The van der Waals surface area contributed by atoms with Gasteiger partial charge in [0.15, 0.2) is 0 Å². The average Bonchev–Trinajstić information content (AvgIpc) is 3.01. The third-order valence-corrected chi connectivity index (χ3v) is 4.15. The Morgan fingerprint density at radius 2 is 1.70 bits per heavy atom. The molecule has 1 aromatic heterocycles. The van der Waals surface area contributed by atoms with E-state index in [1.54, 1.807) is 6.26 Å². The molecule has 0 bridgehead atoms. The van der Waals surface area contributed by atoms with E-state index in [1.165, 1.54) is 18.4 Å². The molecule has 2 heteroatoms. The van der Waals surface area contributed by atoms with Crippen LogP contribution < -0.4 is 5.32 Å². The standard InChI is InChI=1S/C18H25NO/c1-4-15(5-2)14(3)19-18(17-12-9-13-20-17)16-10-7-6-8-11-16/h6-15,18-19H,4-5H2,1-3H3. The third kappa shape index (κ3) is 3.51. The SMILES string of the molecule is CCC(CC)C(C)NC(c1ccccc1)c1ccco1. The van der Waals surface area contributed by atoms with Gasteiger partial charge in [-0.05, 0) is 30.5 Å². The van der Waals surface area contributed by atoms with Gasteiger partial charge in [0.05, 0.1) is 12.3 Å². The molecule has 2 unspecified atom stereocenters. The molecule has 2 atom stereocenters. The molecule has 0 saturated heterocycles. The van der Waals surface area contributed by atoms with E-state index in [0.717, 1.165) is 5.76 Å². The van der Waals surface area contributed by atoms with E-state index in [0.29, 0.717) is 12.0 Å². The minimum absolute atomic E-state index is 0.127. The molecule has 0 amide bonds. The fourth-order valence-corrected chi connectivity index (χ4v) is 2.84. The van der Waals surface area contributed by atoms with Crippen LogP contribution >= 0.6 is 0 Å². The van der Waals surface area contributed by atoms with Crippen LogP contribution in [-0.4, -0.2) is 6.04 Å². The molecule has 108 valence electrons. The highest BCUT2D eigenvalue weighted by atomic mass is 16.3. The van der Waals surface area contributed by atoms with E-state index in [-0.39, 0.29) is 6.04 Å². The maximum absolute atomic E-state index is 5.64. The highest BCUT2D eigenvalue weighted by Crippen LogP contribution is 2.25. The zero-order chi connectivity index (χ0) is 14.4. The predicted molar refractivity (Wildman–Crippen MR) is 83.7 cm³/mol. The van der Waals surface area contributed by atoms with E-state index < -0.39 is 0 Å². The molecule has 1 heterocycles. The van der Waals surface area contributed by atoms with Crippen LogP contribution in [0.5, 0.6) is 0 Å². The highest BCUT2D eigenvalue weighted by Gasteiger charge is 2.22. The Balaban J connectivity index is 2.20. The lowest BCUT2D eigenvalue weighted by Crippen LogP contribution is -2.36. The van der Waals surface area contributed by atoms with Crippen LogP contribution in [0.15, 0.2) is 53.1 Å². The summed E-state index contributed by atoms with van der Waals surface area (Å²) in [4.78, 5) is 0. The molecule has 0 saturated carbocycles. The van der Waals surface area contributed by atoms with Crippen LogP contribution in [0, 0.1) is 5.92 Å². The van der Waals surface area contributed by atoms with E-state index in [1.807, 2.05) is 18.2 Å². The predicted octanol–water partition coefficient (Wildman–Crippen LogP) is 4.78. The Kier molecular flexibility index (Phi) is 5.42. The summed E-state index contributed by atoms with van der Waals surface area (Å²) in [6.07, 6.45) is 4.14. The molecule has 2 aromatic rings. The number of nitrogens with one attached hydrogen (secondary N) is 1. The summed E-state index contributed by atoms with van der Waals surface area (Å²) in [5.41, 5.74) is 1.25. The fraction of sp³-hybridized carbons (Fsp3) is 0.444. The summed E-state index contributed by atoms with van der Waals surface area (Å²) in [7, 11) is 0. The first-order valence-electron chi connectivity index (χ1n) is 7.60. The molecule has 20 heavy (non-hydrogen) atoms. The van der Waals surface area contributed by atoms with Crippen LogP contribution in [0.1, 0.15) is 51.0 Å². The molecule has 1 aromatic carbocycles. The summed E-state index contributed by atoms with van der Waals surface area (Å²) in [5.74, 6) is 1.67. The van der Waals surface area contributed by atoms with E-state index in [2.05, 4.69) is 50.4 Å². The molecule has 0 fully saturated rings. The van der Waals surface area contributed by atoms with Crippen molar-refractivity contribution in [3.8, 4) is 0 Å². The van der Waals surface area contributed by atoms with Crippen LogP contribution in [0.25, 0.3) is 0 Å². The largest absolute Gasteiger partial charge is 0.467 e. The van der Waals surface area contributed by atoms with Gasteiger partial charge >= 0.3 is 0 Å². The zero-order valence-corrected chi connectivity index (χ0v) is 12.7. The van der Waals surface area contributed by atoms with Crippen molar-refractivity contribution >= 4 is 0 Å². The number of benzene rings is 1. The van der Waals surface area contributed by atoms with Gasteiger partial charge in [-0.25, -0.2) is 0 Å². The van der Waals surface area contributed by atoms with Crippen molar-refractivity contribution in [1.82, 2.24) is 5.32 Å². The van der Waals surface area contributed by atoms with Crippen LogP contribution in [0.4, 0.5) is 0 Å². The Labute approximate surface area is 122 Å². The smallest absolute Gasteiger partial charge is 0.125 e. The quantitative estimate of drug-likeness (QED) is 0.783. The number of hydrogen-bond acceptors (Lipinski definition) is 2. The van der Waals surface area contributed by atoms with Crippen LogP contribution in [0.3, 0.4) is 0 Å². The summed E-state index contributed by atoms with van der Waals surface area (Å²) < 4.78 is 5.64. The first kappa shape index (κ1) is 14.9. The van der Waals surface area contributed by atoms with Gasteiger partial charge < -0.3 is 9.73 Å². The van der Waals surface area contributed by atoms with E-state index >= 15 is 0 Å². The Morgan fingerprint density at radius 1 is 1.00 bits per heavy atom. The first-order chi connectivity index (χ1) is 9.76. The minimum Gasteiger partial charge on any atom is -0.467 e. The molecule has 0 aliphatic carbocycles. The first-order valence-corrected chi connectivity index (χ1v) is 7.60. The van der Waals surface area contributed by atoms with Gasteiger partial charge in [-0.1, -0.05) is 57.0 Å². The van der Waals surface area contributed by atoms with Crippen molar-refractivity contribution in [2.24, 2.45) is 5.92 Å². The molecule has 0 aliphatic rings. The van der Waals surface area contributed by atoms with Crippen molar-refractivity contribution in [2.75, 3.05) is 0 Å². The van der Waals surface area contributed by atoms with Gasteiger partial charge in [0.1, 0.15) is 5.76 Å². The van der Waals surface area contributed by atoms with Gasteiger partial charge in [-0.2, -0.15) is 0 Å². The number of hydrogen-bond donors (Lipinski definition) is 1. The van der Waals surface area contributed by atoms with Crippen LogP contribution in [-0.2, 0) is 0 Å². The summed E-state index contributed by atoms with van der Waals surface area (Å²) in [6.45, 7) is 6.80. The van der Waals surface area contributed by atoms with Crippen molar-refractivity contribution in [2.45, 2.75) is 45.7 Å². The zero-order valence-electron chi connectivity index (χ0n) is 12.7. The van der Waals surface area contributed by atoms with Gasteiger partial charge in [0.2, 0.25) is 0 Å². The van der Waals surface area contributed by atoms with E-state index in [4.69, 9.17) is 4.42 Å². The lowest BCUT2D eigenvalue weighted by molar-refractivity contribution is 0.319. The average molecular weight is 271 g/mol. The van der Waals surface area contributed by atoms with Gasteiger partial charge in [0.25, 0.3) is 0 Å².